The lowest BCUT2D eigenvalue weighted by Gasteiger charge is -2.09. The topological polar surface area (TPSA) is 136 Å². The van der Waals surface area contributed by atoms with Gasteiger partial charge in [-0.2, -0.15) is 0 Å². The molecule has 0 aliphatic heterocycles. The van der Waals surface area contributed by atoms with E-state index in [4.69, 9.17) is 52.1 Å². The summed E-state index contributed by atoms with van der Waals surface area (Å²) in [7, 11) is 0. The Labute approximate surface area is 296 Å². The number of rotatable bonds is 42. The van der Waals surface area contributed by atoms with E-state index in [1.165, 1.54) is 64.2 Å². The third-order valence-corrected chi connectivity index (χ3v) is 6.94. The fourth-order valence-corrected chi connectivity index (χ4v) is 4.22. The van der Waals surface area contributed by atoms with E-state index in [0.717, 1.165) is 26.1 Å². The van der Waals surface area contributed by atoms with Crippen LogP contribution in [0.3, 0.4) is 0 Å². The fourth-order valence-electron chi connectivity index (χ4n) is 4.22. The fraction of sp³-hybridized carbons (Fsp3) is 0.944. The quantitative estimate of drug-likeness (QED) is 0.0626. The first-order valence-corrected chi connectivity index (χ1v) is 18.7. The van der Waals surface area contributed by atoms with Crippen molar-refractivity contribution in [3.63, 3.8) is 0 Å². The molecule has 0 aliphatic carbocycles. The maximum Gasteiger partial charge on any atom is 0.332 e. The van der Waals surface area contributed by atoms with Gasteiger partial charge in [0, 0.05) is 13.2 Å². The number of hydrogen-bond donors (Lipinski definition) is 0. The second-order valence-electron chi connectivity index (χ2n) is 11.4. The smallest absolute Gasteiger partial charge is 0.332 e. The van der Waals surface area contributed by atoms with Crippen molar-refractivity contribution in [1.82, 2.24) is 0 Å². The van der Waals surface area contributed by atoms with Gasteiger partial charge in [0.1, 0.15) is 26.4 Å². The maximum atomic E-state index is 11.7. The minimum atomic E-state index is -0.591. The minimum Gasteiger partial charge on any atom is -0.462 e. The van der Waals surface area contributed by atoms with Crippen LogP contribution in [0.2, 0.25) is 0 Å². The Bertz CT molecular complexity index is 615. The summed E-state index contributed by atoms with van der Waals surface area (Å²) >= 11 is 0. The van der Waals surface area contributed by atoms with E-state index in [9.17, 15) is 9.59 Å². The minimum absolute atomic E-state index is 0.0802. The molecule has 292 valence electrons. The van der Waals surface area contributed by atoms with Crippen molar-refractivity contribution in [1.29, 1.82) is 0 Å². The van der Waals surface area contributed by atoms with Gasteiger partial charge in [0.25, 0.3) is 0 Å². The van der Waals surface area contributed by atoms with Gasteiger partial charge in [-0.05, 0) is 12.8 Å². The van der Waals surface area contributed by atoms with E-state index in [2.05, 4.69) is 13.8 Å². The molecule has 13 nitrogen and oxygen atoms in total. The van der Waals surface area contributed by atoms with Crippen LogP contribution >= 0.6 is 0 Å². The van der Waals surface area contributed by atoms with Gasteiger partial charge in [0.2, 0.25) is 0 Å². The van der Waals surface area contributed by atoms with Crippen molar-refractivity contribution < 1.29 is 61.7 Å². The summed E-state index contributed by atoms with van der Waals surface area (Å²) < 4.78 is 58.7. The highest BCUT2D eigenvalue weighted by molar-refractivity contribution is 5.73. The van der Waals surface area contributed by atoms with Crippen LogP contribution in [0.15, 0.2) is 0 Å². The highest BCUT2D eigenvalue weighted by Crippen LogP contribution is 2.05. The molecule has 0 aromatic carbocycles. The lowest BCUT2D eigenvalue weighted by atomic mass is 10.1. The van der Waals surface area contributed by atoms with Crippen molar-refractivity contribution in [2.24, 2.45) is 0 Å². The summed E-state index contributed by atoms with van der Waals surface area (Å²) in [4.78, 5) is 23.4. The number of unbranched alkanes of at least 4 members (excludes halogenated alkanes) is 10. The molecule has 0 spiro atoms. The Hall–Kier alpha value is -1.42. The van der Waals surface area contributed by atoms with E-state index in [1.807, 2.05) is 0 Å². The number of esters is 2. The van der Waals surface area contributed by atoms with Crippen LogP contribution in [0.5, 0.6) is 0 Å². The summed E-state index contributed by atoms with van der Waals surface area (Å²) in [6.45, 7) is 11.8. The molecule has 0 aromatic rings. The Morgan fingerprint density at radius 3 is 0.837 bits per heavy atom. The molecule has 0 rings (SSSR count). The van der Waals surface area contributed by atoms with Gasteiger partial charge < -0.3 is 52.1 Å². The first-order chi connectivity index (χ1) is 24.2. The largest absolute Gasteiger partial charge is 0.462 e. The van der Waals surface area contributed by atoms with Crippen LogP contribution < -0.4 is 0 Å². The molecule has 0 aliphatic rings. The molecule has 0 atom stereocenters. The van der Waals surface area contributed by atoms with Crippen LogP contribution in [-0.4, -0.2) is 144 Å². The number of carbonyl (C=O) groups excluding carboxylic acids is 2. The van der Waals surface area contributed by atoms with E-state index in [-0.39, 0.29) is 39.6 Å². The van der Waals surface area contributed by atoms with E-state index in [1.54, 1.807) is 0 Å². The van der Waals surface area contributed by atoms with Crippen LogP contribution in [0.4, 0.5) is 0 Å². The van der Waals surface area contributed by atoms with Crippen LogP contribution in [0.1, 0.15) is 90.9 Å². The molecule has 0 amide bonds. The van der Waals surface area contributed by atoms with Gasteiger partial charge >= 0.3 is 11.9 Å². The first kappa shape index (κ1) is 47.6. The second-order valence-corrected chi connectivity index (χ2v) is 11.4. The first-order valence-electron chi connectivity index (χ1n) is 18.7. The third kappa shape index (κ3) is 42.7. The molecule has 0 radical (unpaired) electrons. The molecular formula is C36H70O13. The van der Waals surface area contributed by atoms with Gasteiger partial charge in [-0.25, -0.2) is 9.59 Å². The number of ether oxygens (including phenoxy) is 11. The Morgan fingerprint density at radius 2 is 0.531 bits per heavy atom. The zero-order valence-electron chi connectivity index (χ0n) is 30.9. The lowest BCUT2D eigenvalue weighted by molar-refractivity contribution is -0.157. The summed E-state index contributed by atoms with van der Waals surface area (Å²) in [5.41, 5.74) is 0. The molecule has 0 unspecified atom stereocenters. The molecule has 0 bridgehead atoms. The summed E-state index contributed by atoms with van der Waals surface area (Å²) in [6.07, 6.45) is 15.1. The number of carbonyl (C=O) groups is 2. The summed E-state index contributed by atoms with van der Waals surface area (Å²) in [5, 5.41) is 0. The molecular weight excluding hydrogens is 640 g/mol. The van der Waals surface area contributed by atoms with Crippen LogP contribution in [-0.2, 0) is 61.7 Å². The van der Waals surface area contributed by atoms with Crippen molar-refractivity contribution in [2.45, 2.75) is 90.9 Å². The average Bonchev–Trinajstić information content (AvgIpc) is 3.10. The highest BCUT2D eigenvalue weighted by atomic mass is 16.6. The normalized spacial score (nSPS) is 11.3. The average molecular weight is 711 g/mol. The van der Waals surface area contributed by atoms with Crippen LogP contribution in [0, 0.1) is 0 Å². The highest BCUT2D eigenvalue weighted by Gasteiger charge is 2.07. The van der Waals surface area contributed by atoms with Crippen molar-refractivity contribution in [3.8, 4) is 0 Å². The van der Waals surface area contributed by atoms with Crippen molar-refractivity contribution in [2.75, 3.05) is 132 Å². The summed E-state index contributed by atoms with van der Waals surface area (Å²) in [5.74, 6) is -1.18. The summed E-state index contributed by atoms with van der Waals surface area (Å²) in [6, 6.07) is 0. The predicted molar refractivity (Wildman–Crippen MR) is 186 cm³/mol. The molecule has 0 heterocycles. The Morgan fingerprint density at radius 1 is 0.286 bits per heavy atom. The van der Waals surface area contributed by atoms with Gasteiger partial charge in [0.05, 0.1) is 92.5 Å². The molecule has 49 heavy (non-hydrogen) atoms. The van der Waals surface area contributed by atoms with Crippen molar-refractivity contribution in [3.05, 3.63) is 0 Å². The zero-order chi connectivity index (χ0) is 35.6. The SMILES string of the molecule is CCCCCCCCOCCOCCOCCOCCOC(=O)COCC(=O)OCCOCCOCCOCCOCCCCCCCC. The molecule has 13 heteroatoms. The van der Waals surface area contributed by atoms with Gasteiger partial charge in [-0.1, -0.05) is 78.1 Å². The molecule has 0 saturated heterocycles. The second kappa shape index (κ2) is 42.7. The molecule has 0 fully saturated rings. The van der Waals surface area contributed by atoms with Gasteiger partial charge in [0.15, 0.2) is 0 Å². The van der Waals surface area contributed by atoms with E-state index < -0.39 is 11.9 Å². The lowest BCUT2D eigenvalue weighted by Crippen LogP contribution is -2.21. The van der Waals surface area contributed by atoms with Crippen LogP contribution in [0.25, 0.3) is 0 Å². The monoisotopic (exact) mass is 710 g/mol. The Kier molecular flexibility index (Phi) is 41.5. The zero-order valence-corrected chi connectivity index (χ0v) is 30.9. The predicted octanol–water partition coefficient (Wildman–Crippen LogP) is 4.94. The maximum absolute atomic E-state index is 11.7. The molecule has 0 aromatic heterocycles. The van der Waals surface area contributed by atoms with Crippen molar-refractivity contribution >= 4 is 11.9 Å². The van der Waals surface area contributed by atoms with E-state index in [0.29, 0.717) is 79.3 Å². The molecule has 0 N–H and O–H groups in total. The molecule has 0 saturated carbocycles. The number of hydrogen-bond acceptors (Lipinski definition) is 13. The Balaban J connectivity index is 3.24. The standard InChI is InChI=1S/C36H70O13/c1-3-5-7-9-11-13-15-39-17-19-41-21-23-43-25-27-45-29-31-48-35(37)33-47-34-36(38)49-32-30-46-28-26-44-24-22-42-20-18-40-16-14-12-10-8-6-4-2/h3-34H2,1-2H3. The van der Waals surface area contributed by atoms with Gasteiger partial charge in [-0.3, -0.25) is 0 Å². The van der Waals surface area contributed by atoms with Gasteiger partial charge in [-0.15, -0.1) is 0 Å². The third-order valence-electron chi connectivity index (χ3n) is 6.94. The van der Waals surface area contributed by atoms with E-state index >= 15 is 0 Å².